The van der Waals surface area contributed by atoms with Crippen LogP contribution < -0.4 is 15.5 Å². The topological polar surface area (TPSA) is 45.7 Å². The molecule has 0 atom stereocenters. The normalized spacial score (nSPS) is 11.0. The highest BCUT2D eigenvalue weighted by Gasteiger charge is 2.05. The number of para-hydroxylation sites is 2. The number of methoxy groups -OCH3 is 1. The largest absolute Gasteiger partial charge is 0.495 e. The Bertz CT molecular complexity index is 701. The second kappa shape index (κ2) is 8.24. The molecule has 0 aliphatic carbocycles. The number of nitrogens with one attached hydrogen (secondary N) is 2. The molecule has 2 aromatic rings. The number of benzene rings is 2. The van der Waals surface area contributed by atoms with E-state index >= 15 is 0 Å². The van der Waals surface area contributed by atoms with Crippen LogP contribution in [0.3, 0.4) is 0 Å². The molecule has 2 N–H and O–H groups in total. The van der Waals surface area contributed by atoms with Gasteiger partial charge in [0.2, 0.25) is 0 Å². The van der Waals surface area contributed by atoms with Gasteiger partial charge in [0, 0.05) is 0 Å². The number of thiocarbonyl (C=S) groups is 1. The van der Waals surface area contributed by atoms with E-state index in [0.717, 1.165) is 17.0 Å². The van der Waals surface area contributed by atoms with Crippen LogP contribution in [0.4, 0.5) is 10.1 Å². The summed E-state index contributed by atoms with van der Waals surface area (Å²) in [6, 6.07) is 13.7. The molecule has 2 rings (SSSR count). The molecule has 0 heterocycles. The first-order valence-corrected chi connectivity index (χ1v) is 7.57. The zero-order chi connectivity index (χ0) is 16.7. The van der Waals surface area contributed by atoms with Crippen molar-refractivity contribution >= 4 is 28.7 Å². The predicted octanol–water partition coefficient (Wildman–Crippen LogP) is 3.94. The third kappa shape index (κ3) is 4.75. The predicted molar refractivity (Wildman–Crippen MR) is 95.6 cm³/mol. The average molecular weight is 331 g/mol. The number of hydrogen-bond donors (Lipinski definition) is 2. The number of rotatable bonds is 5. The first-order chi connectivity index (χ1) is 11.1. The summed E-state index contributed by atoms with van der Waals surface area (Å²) in [4.78, 5) is 0. The molecule has 0 aliphatic rings. The Balaban J connectivity index is 2.05. The van der Waals surface area contributed by atoms with Crippen molar-refractivity contribution in [3.63, 3.8) is 0 Å². The highest BCUT2D eigenvalue weighted by atomic mass is 32.1. The molecule has 0 unspecified atom stereocenters. The lowest BCUT2D eigenvalue weighted by atomic mass is 10.1. The lowest BCUT2D eigenvalue weighted by molar-refractivity contribution is 0.417. The van der Waals surface area contributed by atoms with Crippen LogP contribution in [0, 0.1) is 5.82 Å². The first kappa shape index (κ1) is 16.9. The van der Waals surface area contributed by atoms with Crippen LogP contribution in [0.2, 0.25) is 0 Å². The second-order valence-corrected chi connectivity index (χ2v) is 5.09. The number of halogens is 1. The fourth-order valence-electron chi connectivity index (χ4n) is 2.01. The van der Waals surface area contributed by atoms with Crippen LogP contribution in [0.5, 0.6) is 5.75 Å². The molecule has 120 valence electrons. The first-order valence-electron chi connectivity index (χ1n) is 7.16. The van der Waals surface area contributed by atoms with Gasteiger partial charge < -0.3 is 10.1 Å². The molecule has 0 fully saturated rings. The highest BCUT2D eigenvalue weighted by Crippen LogP contribution is 2.22. The molecule has 0 aromatic heterocycles. The van der Waals surface area contributed by atoms with Gasteiger partial charge in [0.05, 0.1) is 18.5 Å². The van der Waals surface area contributed by atoms with Crippen molar-refractivity contribution in [1.29, 1.82) is 0 Å². The Kier molecular flexibility index (Phi) is 6.05. The van der Waals surface area contributed by atoms with E-state index in [2.05, 4.69) is 15.8 Å². The molecule has 0 saturated heterocycles. The molecule has 0 radical (unpaired) electrons. The van der Waals surface area contributed by atoms with Gasteiger partial charge in [-0.25, -0.2) is 4.39 Å². The van der Waals surface area contributed by atoms with Gasteiger partial charge in [-0.3, -0.25) is 5.43 Å². The molecular weight excluding hydrogens is 313 g/mol. The average Bonchev–Trinajstić information content (AvgIpc) is 2.57. The van der Waals surface area contributed by atoms with Gasteiger partial charge in [0.1, 0.15) is 11.6 Å². The molecule has 2 aromatic carbocycles. The van der Waals surface area contributed by atoms with Gasteiger partial charge in [0.15, 0.2) is 5.11 Å². The summed E-state index contributed by atoms with van der Waals surface area (Å²) in [5.41, 5.74) is 5.19. The smallest absolute Gasteiger partial charge is 0.191 e. The number of ether oxygens (including phenoxy) is 1. The Morgan fingerprint density at radius 3 is 2.52 bits per heavy atom. The van der Waals surface area contributed by atoms with Crippen LogP contribution in [0.15, 0.2) is 53.6 Å². The summed E-state index contributed by atoms with van der Waals surface area (Å²) in [5, 5.41) is 7.67. The lowest BCUT2D eigenvalue weighted by Gasteiger charge is -2.12. The van der Waals surface area contributed by atoms with E-state index in [1.165, 1.54) is 12.1 Å². The Morgan fingerprint density at radius 2 is 1.87 bits per heavy atom. The highest BCUT2D eigenvalue weighted by molar-refractivity contribution is 7.80. The molecular formula is C17H18FN3OS. The van der Waals surface area contributed by atoms with Crippen LogP contribution in [0.1, 0.15) is 18.9 Å². The molecule has 0 aliphatic heterocycles. The number of hydrogen-bond acceptors (Lipinski definition) is 3. The molecule has 4 nitrogen and oxygen atoms in total. The van der Waals surface area contributed by atoms with Crippen molar-refractivity contribution in [3.05, 3.63) is 59.9 Å². The molecule has 23 heavy (non-hydrogen) atoms. The van der Waals surface area contributed by atoms with E-state index < -0.39 is 0 Å². The zero-order valence-electron chi connectivity index (χ0n) is 13.0. The van der Waals surface area contributed by atoms with E-state index in [0.29, 0.717) is 17.3 Å². The quantitative estimate of drug-likeness (QED) is 0.495. The zero-order valence-corrected chi connectivity index (χ0v) is 13.8. The fraction of sp³-hybridized carbons (Fsp3) is 0.176. The number of hydrazone groups is 1. The minimum absolute atomic E-state index is 0.273. The van der Waals surface area contributed by atoms with Crippen molar-refractivity contribution in [3.8, 4) is 5.75 Å². The van der Waals surface area contributed by atoms with Crippen molar-refractivity contribution in [2.24, 2.45) is 5.10 Å². The van der Waals surface area contributed by atoms with Gasteiger partial charge in [-0.2, -0.15) is 5.10 Å². The Labute approximate surface area is 140 Å². The summed E-state index contributed by atoms with van der Waals surface area (Å²) in [5.74, 6) is 0.417. The van der Waals surface area contributed by atoms with E-state index in [9.17, 15) is 4.39 Å². The molecule has 0 amide bonds. The van der Waals surface area contributed by atoms with Crippen LogP contribution >= 0.6 is 12.2 Å². The molecule has 0 bridgehead atoms. The standard InChI is InChI=1S/C17H18FN3OS/c1-3-14(12-8-10-13(18)11-9-12)20-21-17(23)19-15-6-4-5-7-16(15)22-2/h4-11H,3H2,1-2H3,(H2,19,21,23). The third-order valence-electron chi connectivity index (χ3n) is 3.16. The maximum atomic E-state index is 13.0. The van der Waals surface area contributed by atoms with Gasteiger partial charge in [-0.15, -0.1) is 0 Å². The summed E-state index contributed by atoms with van der Waals surface area (Å²) >= 11 is 5.24. The van der Waals surface area contributed by atoms with E-state index in [4.69, 9.17) is 17.0 Å². The number of nitrogens with zero attached hydrogens (tertiary/aromatic N) is 1. The summed E-state index contributed by atoms with van der Waals surface area (Å²) in [6.07, 6.45) is 0.690. The van der Waals surface area contributed by atoms with Gasteiger partial charge in [-0.1, -0.05) is 31.2 Å². The minimum Gasteiger partial charge on any atom is -0.495 e. The van der Waals surface area contributed by atoms with Crippen molar-refractivity contribution in [1.82, 2.24) is 5.43 Å². The fourth-order valence-corrected chi connectivity index (χ4v) is 2.16. The van der Waals surface area contributed by atoms with Crippen LogP contribution in [-0.2, 0) is 0 Å². The summed E-state index contributed by atoms with van der Waals surface area (Å²) in [7, 11) is 1.60. The third-order valence-corrected chi connectivity index (χ3v) is 3.35. The molecule has 0 spiro atoms. The maximum Gasteiger partial charge on any atom is 0.191 e. The summed E-state index contributed by atoms with van der Waals surface area (Å²) in [6.45, 7) is 1.97. The van der Waals surface area contributed by atoms with Crippen LogP contribution in [0.25, 0.3) is 0 Å². The van der Waals surface area contributed by atoms with Gasteiger partial charge in [0.25, 0.3) is 0 Å². The van der Waals surface area contributed by atoms with E-state index in [1.807, 2.05) is 31.2 Å². The van der Waals surface area contributed by atoms with E-state index in [-0.39, 0.29) is 5.82 Å². The SMILES string of the molecule is CCC(=NNC(=S)Nc1ccccc1OC)c1ccc(F)cc1. The minimum atomic E-state index is -0.273. The maximum absolute atomic E-state index is 13.0. The van der Waals surface area contributed by atoms with Crippen molar-refractivity contribution in [2.45, 2.75) is 13.3 Å². The monoisotopic (exact) mass is 331 g/mol. The molecule has 6 heteroatoms. The lowest BCUT2D eigenvalue weighted by Crippen LogP contribution is -2.25. The van der Waals surface area contributed by atoms with Crippen LogP contribution in [-0.4, -0.2) is 17.9 Å². The summed E-state index contributed by atoms with van der Waals surface area (Å²) < 4.78 is 18.2. The Morgan fingerprint density at radius 1 is 1.17 bits per heavy atom. The molecule has 0 saturated carbocycles. The van der Waals surface area contributed by atoms with Crippen molar-refractivity contribution in [2.75, 3.05) is 12.4 Å². The number of anilines is 1. The van der Waals surface area contributed by atoms with Crippen molar-refractivity contribution < 1.29 is 9.13 Å². The second-order valence-electron chi connectivity index (χ2n) is 4.69. The van der Waals surface area contributed by atoms with Gasteiger partial charge >= 0.3 is 0 Å². The van der Waals surface area contributed by atoms with E-state index in [1.54, 1.807) is 19.2 Å². The van der Waals surface area contributed by atoms with Gasteiger partial charge in [-0.05, 0) is 48.5 Å². The Hall–Kier alpha value is -2.47.